The van der Waals surface area contributed by atoms with E-state index < -0.39 is 10.8 Å². The van der Waals surface area contributed by atoms with Crippen molar-refractivity contribution in [2.75, 3.05) is 13.7 Å². The molecule has 4 heteroatoms. The summed E-state index contributed by atoms with van der Waals surface area (Å²) in [7, 11) is 0.726. The van der Waals surface area contributed by atoms with Gasteiger partial charge in [0.2, 0.25) is 0 Å². The van der Waals surface area contributed by atoms with Crippen molar-refractivity contribution in [1.29, 1.82) is 0 Å². The molecule has 0 radical (unpaired) electrons. The Kier molecular flexibility index (Phi) is 4.99. The van der Waals surface area contributed by atoms with Crippen LogP contribution in [0.4, 0.5) is 0 Å². The number of benzene rings is 1. The van der Waals surface area contributed by atoms with E-state index in [1.807, 2.05) is 24.3 Å². The topological polar surface area (TPSA) is 38.3 Å². The predicted octanol–water partition coefficient (Wildman–Crippen LogP) is 2.58. The molecule has 0 aromatic heterocycles. The third-order valence-electron chi connectivity index (χ3n) is 4.02. The lowest BCUT2D eigenvalue weighted by Gasteiger charge is -2.21. The van der Waals surface area contributed by atoms with E-state index in [1.165, 1.54) is 0 Å². The second-order valence-corrected chi connectivity index (χ2v) is 6.78. The molecule has 0 bridgehead atoms. The summed E-state index contributed by atoms with van der Waals surface area (Å²) in [6.07, 6.45) is 2.17. The van der Waals surface area contributed by atoms with Crippen LogP contribution in [0.25, 0.3) is 0 Å². The zero-order chi connectivity index (χ0) is 13.8. The van der Waals surface area contributed by atoms with Crippen molar-refractivity contribution in [2.24, 2.45) is 5.92 Å². The monoisotopic (exact) mass is 281 g/mol. The lowest BCUT2D eigenvalue weighted by atomic mass is 10.1. The molecular formula is C15H23NO2S. The maximum Gasteiger partial charge on any atom is 0.118 e. The molecule has 1 N–H and O–H groups in total. The molecule has 1 aliphatic carbocycles. The molecule has 0 amide bonds. The molecule has 1 saturated carbocycles. The molecule has 19 heavy (non-hydrogen) atoms. The Hall–Kier alpha value is -0.870. The second-order valence-electron chi connectivity index (χ2n) is 5.11. The van der Waals surface area contributed by atoms with Gasteiger partial charge in [0.25, 0.3) is 0 Å². The number of hydrogen-bond donors (Lipinski definition) is 1. The summed E-state index contributed by atoms with van der Waals surface area (Å²) in [4.78, 5) is 0.912. The first kappa shape index (κ1) is 14.5. The summed E-state index contributed by atoms with van der Waals surface area (Å²) in [6.45, 7) is 5.32. The molecule has 0 heterocycles. The number of rotatable bonds is 5. The highest BCUT2D eigenvalue weighted by molar-refractivity contribution is 7.85. The quantitative estimate of drug-likeness (QED) is 0.901. The smallest absolute Gasteiger partial charge is 0.118 e. The SMILES string of the molecule is CCNC1CCC(S(=O)c2ccc(OC)cc2)C1C. The molecule has 4 unspecified atom stereocenters. The first-order valence-corrected chi connectivity index (χ1v) is 8.16. The summed E-state index contributed by atoms with van der Waals surface area (Å²) >= 11 is 0. The highest BCUT2D eigenvalue weighted by Gasteiger charge is 2.36. The van der Waals surface area contributed by atoms with Gasteiger partial charge in [-0.3, -0.25) is 4.21 Å². The zero-order valence-electron chi connectivity index (χ0n) is 11.9. The van der Waals surface area contributed by atoms with Gasteiger partial charge in [-0.2, -0.15) is 0 Å². The average molecular weight is 281 g/mol. The van der Waals surface area contributed by atoms with Crippen molar-refractivity contribution >= 4 is 10.8 Å². The molecule has 1 aromatic carbocycles. The van der Waals surface area contributed by atoms with Crippen LogP contribution in [0.1, 0.15) is 26.7 Å². The molecule has 106 valence electrons. The van der Waals surface area contributed by atoms with E-state index in [0.717, 1.165) is 30.0 Å². The van der Waals surface area contributed by atoms with Crippen LogP contribution in [0.15, 0.2) is 29.2 Å². The van der Waals surface area contributed by atoms with E-state index in [1.54, 1.807) is 7.11 Å². The third kappa shape index (κ3) is 3.18. The molecular weight excluding hydrogens is 258 g/mol. The van der Waals surface area contributed by atoms with Crippen LogP contribution in [0.2, 0.25) is 0 Å². The summed E-state index contributed by atoms with van der Waals surface area (Å²) in [6, 6.07) is 8.12. The molecule has 2 rings (SSSR count). The van der Waals surface area contributed by atoms with Crippen LogP contribution < -0.4 is 10.1 Å². The Morgan fingerprint density at radius 3 is 2.58 bits per heavy atom. The largest absolute Gasteiger partial charge is 0.497 e. The Bertz CT molecular complexity index is 432. The molecule has 4 atom stereocenters. The molecule has 0 saturated heterocycles. The van der Waals surface area contributed by atoms with E-state index in [2.05, 4.69) is 19.2 Å². The van der Waals surface area contributed by atoms with Gasteiger partial charge in [0.05, 0.1) is 17.9 Å². The second kappa shape index (κ2) is 6.53. The number of hydrogen-bond acceptors (Lipinski definition) is 3. The van der Waals surface area contributed by atoms with E-state index >= 15 is 0 Å². The predicted molar refractivity (Wildman–Crippen MR) is 79.1 cm³/mol. The van der Waals surface area contributed by atoms with Crippen molar-refractivity contribution in [2.45, 2.75) is 42.9 Å². The maximum absolute atomic E-state index is 12.6. The van der Waals surface area contributed by atoms with Gasteiger partial charge < -0.3 is 10.1 Å². The third-order valence-corrected chi connectivity index (χ3v) is 5.97. The van der Waals surface area contributed by atoms with Crippen LogP contribution in [-0.4, -0.2) is 29.2 Å². The number of ether oxygens (including phenoxy) is 1. The zero-order valence-corrected chi connectivity index (χ0v) is 12.7. The van der Waals surface area contributed by atoms with Crippen molar-refractivity contribution in [1.82, 2.24) is 5.32 Å². The standard InChI is InChI=1S/C15H23NO2S/c1-4-16-14-9-10-15(11(14)2)19(17)13-7-5-12(18-3)6-8-13/h5-8,11,14-16H,4,9-10H2,1-3H3. The highest BCUT2D eigenvalue weighted by atomic mass is 32.2. The van der Waals surface area contributed by atoms with Crippen LogP contribution in [0.5, 0.6) is 5.75 Å². The minimum absolute atomic E-state index is 0.262. The minimum Gasteiger partial charge on any atom is -0.497 e. The summed E-state index contributed by atoms with van der Waals surface area (Å²) in [5.41, 5.74) is 0. The Labute approximate surface area is 118 Å². The molecule has 1 fully saturated rings. The molecule has 1 aromatic rings. The average Bonchev–Trinajstić information content (AvgIpc) is 2.80. The van der Waals surface area contributed by atoms with Crippen molar-refractivity contribution in [3.8, 4) is 5.75 Å². The maximum atomic E-state index is 12.6. The van der Waals surface area contributed by atoms with Gasteiger partial charge in [-0.1, -0.05) is 13.8 Å². The fraction of sp³-hybridized carbons (Fsp3) is 0.600. The normalized spacial score (nSPS) is 28.3. The molecule has 1 aliphatic rings. The fourth-order valence-electron chi connectivity index (χ4n) is 2.87. The van der Waals surface area contributed by atoms with Gasteiger partial charge in [-0.15, -0.1) is 0 Å². The van der Waals surface area contributed by atoms with Gasteiger partial charge >= 0.3 is 0 Å². The Morgan fingerprint density at radius 2 is 2.00 bits per heavy atom. The molecule has 0 aliphatic heterocycles. The molecule has 0 spiro atoms. The van der Waals surface area contributed by atoms with E-state index in [9.17, 15) is 4.21 Å². The van der Waals surface area contributed by atoms with Crippen LogP contribution in [0.3, 0.4) is 0 Å². The van der Waals surface area contributed by atoms with E-state index in [0.29, 0.717) is 12.0 Å². The first-order valence-electron chi connectivity index (χ1n) is 6.95. The van der Waals surface area contributed by atoms with Gasteiger partial charge in [-0.25, -0.2) is 0 Å². The lowest BCUT2D eigenvalue weighted by molar-refractivity contribution is 0.414. The molecule has 3 nitrogen and oxygen atoms in total. The van der Waals surface area contributed by atoms with E-state index in [-0.39, 0.29) is 5.25 Å². The number of methoxy groups -OCH3 is 1. The Balaban J connectivity index is 2.07. The van der Waals surface area contributed by atoms with Gasteiger partial charge in [0.15, 0.2) is 0 Å². The van der Waals surface area contributed by atoms with Crippen LogP contribution in [-0.2, 0) is 10.8 Å². The van der Waals surface area contributed by atoms with Crippen molar-refractivity contribution in [3.63, 3.8) is 0 Å². The minimum atomic E-state index is -0.919. The summed E-state index contributed by atoms with van der Waals surface area (Å²) < 4.78 is 17.8. The van der Waals surface area contributed by atoms with E-state index in [4.69, 9.17) is 4.74 Å². The highest BCUT2D eigenvalue weighted by Crippen LogP contribution is 2.32. The van der Waals surface area contributed by atoms with Crippen LogP contribution >= 0.6 is 0 Å². The Morgan fingerprint density at radius 1 is 1.32 bits per heavy atom. The fourth-order valence-corrected chi connectivity index (χ4v) is 4.55. The number of nitrogens with one attached hydrogen (secondary N) is 1. The van der Waals surface area contributed by atoms with Gasteiger partial charge in [0.1, 0.15) is 5.75 Å². The van der Waals surface area contributed by atoms with Crippen molar-refractivity contribution in [3.05, 3.63) is 24.3 Å². The summed E-state index contributed by atoms with van der Waals surface area (Å²) in [5.74, 6) is 1.27. The summed E-state index contributed by atoms with van der Waals surface area (Å²) in [5, 5.41) is 3.76. The van der Waals surface area contributed by atoms with Gasteiger partial charge in [0, 0.05) is 16.2 Å². The first-order chi connectivity index (χ1) is 9.17. The van der Waals surface area contributed by atoms with Crippen LogP contribution in [0, 0.1) is 5.92 Å². The van der Waals surface area contributed by atoms with Gasteiger partial charge in [-0.05, 0) is 49.6 Å². The lowest BCUT2D eigenvalue weighted by Crippen LogP contribution is -2.34. The van der Waals surface area contributed by atoms with Crippen molar-refractivity contribution < 1.29 is 8.95 Å².